The maximum atomic E-state index is 11.1. The molecular weight excluding hydrogens is 254 g/mol. The standard InChI is InChI=1S/C14H19N5O/c1-18(9-5-8-11-6-3-2-4-7-11)19-10-17-12(13(19)15)14(16)20/h2-4,6-7,10H,5,8-9,15H2,1H3,(H2,16,20). The van der Waals surface area contributed by atoms with Crippen LogP contribution in [0.2, 0.25) is 0 Å². The van der Waals surface area contributed by atoms with Crippen molar-refractivity contribution in [2.45, 2.75) is 12.8 Å². The minimum atomic E-state index is -0.612. The van der Waals surface area contributed by atoms with Crippen molar-refractivity contribution in [1.29, 1.82) is 0 Å². The third kappa shape index (κ3) is 3.09. The lowest BCUT2D eigenvalue weighted by Crippen LogP contribution is -2.32. The number of anilines is 1. The number of hydrogen-bond acceptors (Lipinski definition) is 4. The number of amides is 1. The molecule has 0 spiro atoms. The molecular formula is C14H19N5O. The highest BCUT2D eigenvalue weighted by molar-refractivity contribution is 5.95. The average molecular weight is 273 g/mol. The van der Waals surface area contributed by atoms with Crippen molar-refractivity contribution >= 4 is 11.7 Å². The number of aryl methyl sites for hydroxylation is 1. The monoisotopic (exact) mass is 273 g/mol. The Morgan fingerprint density at radius 3 is 2.65 bits per heavy atom. The van der Waals surface area contributed by atoms with E-state index >= 15 is 0 Å². The molecule has 0 aliphatic rings. The molecule has 0 saturated carbocycles. The van der Waals surface area contributed by atoms with Crippen molar-refractivity contribution in [2.24, 2.45) is 5.73 Å². The Bertz CT molecular complexity index is 579. The van der Waals surface area contributed by atoms with Crippen LogP contribution in [0.5, 0.6) is 0 Å². The van der Waals surface area contributed by atoms with E-state index in [1.54, 1.807) is 4.68 Å². The van der Waals surface area contributed by atoms with Crippen molar-refractivity contribution in [3.63, 3.8) is 0 Å². The van der Waals surface area contributed by atoms with Crippen molar-refractivity contribution in [3.05, 3.63) is 47.9 Å². The Kier molecular flexibility index (Phi) is 4.24. The van der Waals surface area contributed by atoms with Crippen LogP contribution in [0.15, 0.2) is 36.7 Å². The summed E-state index contributed by atoms with van der Waals surface area (Å²) in [5.41, 5.74) is 12.5. The van der Waals surface area contributed by atoms with Crippen LogP contribution in [0.1, 0.15) is 22.5 Å². The van der Waals surface area contributed by atoms with Gasteiger partial charge in [0.15, 0.2) is 11.5 Å². The maximum absolute atomic E-state index is 11.1. The quantitative estimate of drug-likeness (QED) is 0.813. The predicted molar refractivity (Wildman–Crippen MR) is 78.9 cm³/mol. The number of imidazole rings is 1. The summed E-state index contributed by atoms with van der Waals surface area (Å²) in [7, 11) is 1.90. The SMILES string of the molecule is CN(CCCc1ccccc1)n1cnc(C(N)=O)c1N. The number of benzene rings is 1. The molecule has 2 aromatic rings. The van der Waals surface area contributed by atoms with Gasteiger partial charge in [0.2, 0.25) is 0 Å². The number of rotatable bonds is 6. The van der Waals surface area contributed by atoms with Crippen LogP contribution in [-0.2, 0) is 6.42 Å². The Hall–Kier alpha value is -2.50. The van der Waals surface area contributed by atoms with Crippen LogP contribution >= 0.6 is 0 Å². The van der Waals surface area contributed by atoms with Gasteiger partial charge in [0, 0.05) is 13.6 Å². The zero-order chi connectivity index (χ0) is 14.5. The molecule has 0 saturated heterocycles. The molecule has 1 heterocycles. The Labute approximate surface area is 118 Å². The van der Waals surface area contributed by atoms with Crippen LogP contribution in [0.4, 0.5) is 5.82 Å². The number of hydrogen-bond donors (Lipinski definition) is 2. The minimum Gasteiger partial charge on any atom is -0.382 e. The molecule has 0 unspecified atom stereocenters. The summed E-state index contributed by atoms with van der Waals surface area (Å²) in [6.45, 7) is 0.799. The Morgan fingerprint density at radius 1 is 1.35 bits per heavy atom. The van der Waals surface area contributed by atoms with E-state index in [0.717, 1.165) is 19.4 Å². The van der Waals surface area contributed by atoms with Gasteiger partial charge in [0.1, 0.15) is 6.33 Å². The number of carbonyl (C=O) groups is 1. The summed E-state index contributed by atoms with van der Waals surface area (Å²) in [5.74, 6) is -0.335. The number of nitrogens with two attached hydrogens (primary N) is 2. The van der Waals surface area contributed by atoms with E-state index in [1.165, 1.54) is 11.9 Å². The van der Waals surface area contributed by atoms with Crippen LogP contribution in [0, 0.1) is 0 Å². The fourth-order valence-electron chi connectivity index (χ4n) is 2.08. The molecule has 2 rings (SSSR count). The summed E-state index contributed by atoms with van der Waals surface area (Å²) in [4.78, 5) is 15.0. The molecule has 106 valence electrons. The maximum Gasteiger partial charge on any atom is 0.271 e. The summed E-state index contributed by atoms with van der Waals surface area (Å²) < 4.78 is 1.64. The number of aromatic nitrogens is 2. The van der Waals surface area contributed by atoms with Gasteiger partial charge in [-0.1, -0.05) is 30.3 Å². The van der Waals surface area contributed by atoms with Gasteiger partial charge in [-0.3, -0.25) is 4.79 Å². The number of carbonyl (C=O) groups excluding carboxylic acids is 1. The fourth-order valence-corrected chi connectivity index (χ4v) is 2.08. The molecule has 1 amide bonds. The third-order valence-corrected chi connectivity index (χ3v) is 3.18. The lowest BCUT2D eigenvalue weighted by Gasteiger charge is -2.21. The van der Waals surface area contributed by atoms with E-state index < -0.39 is 5.91 Å². The molecule has 0 atom stereocenters. The number of nitrogen functional groups attached to an aromatic ring is 1. The van der Waals surface area contributed by atoms with Gasteiger partial charge >= 0.3 is 0 Å². The first kappa shape index (κ1) is 13.9. The first-order valence-corrected chi connectivity index (χ1v) is 6.47. The van der Waals surface area contributed by atoms with Crippen LogP contribution in [-0.4, -0.2) is 29.2 Å². The summed E-state index contributed by atoms with van der Waals surface area (Å²) in [5, 5.41) is 1.91. The molecule has 6 heteroatoms. The van der Waals surface area contributed by atoms with Gasteiger partial charge in [-0.25, -0.2) is 9.66 Å². The average Bonchev–Trinajstić information content (AvgIpc) is 2.82. The molecule has 0 fully saturated rings. The highest BCUT2D eigenvalue weighted by Gasteiger charge is 2.14. The van der Waals surface area contributed by atoms with E-state index in [-0.39, 0.29) is 11.5 Å². The Morgan fingerprint density at radius 2 is 2.05 bits per heavy atom. The van der Waals surface area contributed by atoms with E-state index in [1.807, 2.05) is 30.3 Å². The minimum absolute atomic E-state index is 0.111. The molecule has 4 N–H and O–H groups in total. The lowest BCUT2D eigenvalue weighted by molar-refractivity contribution is 0.0997. The van der Waals surface area contributed by atoms with E-state index in [0.29, 0.717) is 0 Å². The van der Waals surface area contributed by atoms with Gasteiger partial charge in [0.05, 0.1) is 0 Å². The summed E-state index contributed by atoms with van der Waals surface area (Å²) >= 11 is 0. The second-order valence-electron chi connectivity index (χ2n) is 4.66. The number of nitrogens with zero attached hydrogens (tertiary/aromatic N) is 3. The topological polar surface area (TPSA) is 90.2 Å². The van der Waals surface area contributed by atoms with Gasteiger partial charge in [-0.2, -0.15) is 0 Å². The smallest absolute Gasteiger partial charge is 0.271 e. The second kappa shape index (κ2) is 6.10. The zero-order valence-corrected chi connectivity index (χ0v) is 11.5. The van der Waals surface area contributed by atoms with Gasteiger partial charge in [-0.15, -0.1) is 0 Å². The summed E-state index contributed by atoms with van der Waals surface area (Å²) in [6.07, 6.45) is 3.48. The first-order valence-electron chi connectivity index (χ1n) is 6.47. The van der Waals surface area contributed by atoms with Crippen molar-refractivity contribution in [1.82, 2.24) is 9.66 Å². The first-order chi connectivity index (χ1) is 9.59. The predicted octanol–water partition coefficient (Wildman–Crippen LogP) is 0.765. The van der Waals surface area contributed by atoms with Crippen molar-refractivity contribution < 1.29 is 4.79 Å². The van der Waals surface area contributed by atoms with Crippen LogP contribution in [0.3, 0.4) is 0 Å². The Balaban J connectivity index is 1.92. The molecule has 0 bridgehead atoms. The molecule has 0 aliphatic carbocycles. The van der Waals surface area contributed by atoms with Crippen molar-refractivity contribution in [3.8, 4) is 0 Å². The largest absolute Gasteiger partial charge is 0.382 e. The molecule has 1 aromatic carbocycles. The number of primary amides is 1. The van der Waals surface area contributed by atoms with E-state index in [9.17, 15) is 4.79 Å². The summed E-state index contributed by atoms with van der Waals surface area (Å²) in [6, 6.07) is 10.3. The zero-order valence-electron chi connectivity index (χ0n) is 11.5. The highest BCUT2D eigenvalue weighted by atomic mass is 16.1. The normalized spacial score (nSPS) is 10.4. The second-order valence-corrected chi connectivity index (χ2v) is 4.66. The third-order valence-electron chi connectivity index (χ3n) is 3.18. The fraction of sp³-hybridized carbons (Fsp3) is 0.286. The molecule has 1 aromatic heterocycles. The van der Waals surface area contributed by atoms with Gasteiger partial charge in [0.25, 0.3) is 5.91 Å². The highest BCUT2D eigenvalue weighted by Crippen LogP contribution is 2.10. The van der Waals surface area contributed by atoms with Crippen molar-refractivity contribution in [2.75, 3.05) is 24.3 Å². The van der Waals surface area contributed by atoms with E-state index in [4.69, 9.17) is 11.5 Å². The van der Waals surface area contributed by atoms with Gasteiger partial charge < -0.3 is 16.5 Å². The lowest BCUT2D eigenvalue weighted by atomic mass is 10.1. The van der Waals surface area contributed by atoms with Gasteiger partial charge in [-0.05, 0) is 18.4 Å². The van der Waals surface area contributed by atoms with Crippen LogP contribution in [0.25, 0.3) is 0 Å². The van der Waals surface area contributed by atoms with Crippen LogP contribution < -0.4 is 16.5 Å². The molecule has 20 heavy (non-hydrogen) atoms. The van der Waals surface area contributed by atoms with E-state index in [2.05, 4.69) is 17.1 Å². The molecule has 0 radical (unpaired) electrons. The molecule has 6 nitrogen and oxygen atoms in total. The molecule has 0 aliphatic heterocycles.